The molecule has 4 aliphatic rings. The Kier molecular flexibility index (Phi) is 10.5. The molecular weight excluding hydrogens is 522 g/mol. The molecule has 4 aliphatic carbocycles. The highest BCUT2D eigenvalue weighted by molar-refractivity contribution is 7.85. The lowest BCUT2D eigenvalue weighted by Gasteiger charge is -2.58. The first-order valence-corrected chi connectivity index (χ1v) is 18.1. The summed E-state index contributed by atoms with van der Waals surface area (Å²) < 4.78 is 32.1. The predicted octanol–water partition coefficient (Wildman–Crippen LogP) is 6.75. The van der Waals surface area contributed by atoms with Gasteiger partial charge in [0.2, 0.25) is 5.91 Å². The SMILES string of the molecule is CC(C)CCC[C@H](C)[C@H]1CC[C@@H]2[C@H]3CC=C4C[C@H](C(=O)NCCOCCOS(C)(=O)=O)CC[C@@]4(C)[C@@H]3CC[C@]21C. The van der Waals surface area contributed by atoms with E-state index in [2.05, 4.69) is 50.2 Å². The van der Waals surface area contributed by atoms with Crippen LogP contribution in [-0.4, -0.2) is 46.9 Å². The van der Waals surface area contributed by atoms with E-state index in [0.29, 0.717) is 18.6 Å². The van der Waals surface area contributed by atoms with Crippen molar-refractivity contribution in [2.75, 3.05) is 32.6 Å². The minimum Gasteiger partial charge on any atom is -0.377 e. The lowest BCUT2D eigenvalue weighted by atomic mass is 9.46. The van der Waals surface area contributed by atoms with Gasteiger partial charge in [-0.15, -0.1) is 0 Å². The average molecular weight is 580 g/mol. The molecule has 4 rings (SSSR count). The quantitative estimate of drug-likeness (QED) is 0.148. The van der Waals surface area contributed by atoms with E-state index in [1.165, 1.54) is 51.4 Å². The van der Waals surface area contributed by atoms with Gasteiger partial charge in [0.15, 0.2) is 0 Å². The Labute approximate surface area is 244 Å². The van der Waals surface area contributed by atoms with Gasteiger partial charge in [-0.1, -0.05) is 65.5 Å². The molecule has 0 radical (unpaired) electrons. The Balaban J connectivity index is 1.29. The summed E-state index contributed by atoms with van der Waals surface area (Å²) in [5.74, 6) is 5.16. The largest absolute Gasteiger partial charge is 0.377 e. The summed E-state index contributed by atoms with van der Waals surface area (Å²) >= 11 is 0. The predicted molar refractivity (Wildman–Crippen MR) is 161 cm³/mol. The van der Waals surface area contributed by atoms with Crippen molar-refractivity contribution in [1.82, 2.24) is 5.32 Å². The summed E-state index contributed by atoms with van der Waals surface area (Å²) in [6.45, 7) is 13.4. The summed E-state index contributed by atoms with van der Waals surface area (Å²) in [5, 5.41) is 3.04. The molecule has 3 saturated carbocycles. The van der Waals surface area contributed by atoms with E-state index < -0.39 is 10.1 Å². The number of carbonyl (C=O) groups is 1. The van der Waals surface area contributed by atoms with E-state index in [1.54, 1.807) is 5.57 Å². The topological polar surface area (TPSA) is 81.7 Å². The third-order valence-electron chi connectivity index (χ3n) is 11.7. The molecule has 0 saturated heterocycles. The first kappa shape index (κ1) is 32.0. The third-order valence-corrected chi connectivity index (χ3v) is 12.3. The van der Waals surface area contributed by atoms with Crippen LogP contribution >= 0.6 is 0 Å². The van der Waals surface area contributed by atoms with Crippen molar-refractivity contribution in [3.8, 4) is 0 Å². The third kappa shape index (κ3) is 7.16. The second-order valence-electron chi connectivity index (χ2n) is 14.7. The van der Waals surface area contributed by atoms with E-state index in [4.69, 9.17) is 4.74 Å². The Morgan fingerprint density at radius 1 is 1.02 bits per heavy atom. The number of rotatable bonds is 13. The number of amides is 1. The second kappa shape index (κ2) is 13.2. The van der Waals surface area contributed by atoms with Crippen molar-refractivity contribution in [3.05, 3.63) is 11.6 Å². The molecule has 6 nitrogen and oxygen atoms in total. The fourth-order valence-corrected chi connectivity index (χ4v) is 10.0. The molecule has 0 heterocycles. The van der Waals surface area contributed by atoms with Gasteiger partial charge in [-0.25, -0.2) is 0 Å². The zero-order valence-corrected chi connectivity index (χ0v) is 27.0. The van der Waals surface area contributed by atoms with Crippen molar-refractivity contribution in [1.29, 1.82) is 0 Å². The molecule has 0 bridgehead atoms. The van der Waals surface area contributed by atoms with Crippen LogP contribution in [0.15, 0.2) is 11.6 Å². The summed E-state index contributed by atoms with van der Waals surface area (Å²) in [6, 6.07) is 0. The number of nitrogens with one attached hydrogen (secondary N) is 1. The second-order valence-corrected chi connectivity index (χ2v) is 16.3. The summed E-state index contributed by atoms with van der Waals surface area (Å²) in [4.78, 5) is 13.0. The Morgan fingerprint density at radius 2 is 1.80 bits per heavy atom. The molecule has 0 aromatic carbocycles. The van der Waals surface area contributed by atoms with E-state index in [-0.39, 0.29) is 30.5 Å². The lowest BCUT2D eigenvalue weighted by Crippen LogP contribution is -2.51. The van der Waals surface area contributed by atoms with Crippen molar-refractivity contribution < 1.29 is 22.1 Å². The van der Waals surface area contributed by atoms with Gasteiger partial charge in [0.1, 0.15) is 0 Å². The van der Waals surface area contributed by atoms with Crippen LogP contribution in [0.1, 0.15) is 105 Å². The van der Waals surface area contributed by atoms with Crippen molar-refractivity contribution >= 4 is 16.0 Å². The first-order valence-electron chi connectivity index (χ1n) is 16.2. The Morgan fingerprint density at radius 3 is 2.52 bits per heavy atom. The number of fused-ring (bicyclic) bond motifs is 5. The van der Waals surface area contributed by atoms with E-state index in [1.807, 2.05) is 0 Å². The van der Waals surface area contributed by atoms with Gasteiger partial charge in [-0.3, -0.25) is 8.98 Å². The minimum absolute atomic E-state index is 0.00227. The van der Waals surface area contributed by atoms with Crippen LogP contribution < -0.4 is 5.32 Å². The first-order chi connectivity index (χ1) is 18.8. The van der Waals surface area contributed by atoms with Crippen LogP contribution in [0.25, 0.3) is 0 Å². The van der Waals surface area contributed by atoms with Crippen molar-refractivity contribution in [2.24, 2.45) is 52.3 Å². The van der Waals surface area contributed by atoms with Gasteiger partial charge < -0.3 is 10.1 Å². The fraction of sp³-hybridized carbons (Fsp3) is 0.909. The molecule has 230 valence electrons. The van der Waals surface area contributed by atoms with Gasteiger partial charge in [0, 0.05) is 12.5 Å². The summed E-state index contributed by atoms with van der Waals surface area (Å²) in [7, 11) is -3.44. The molecule has 0 aromatic rings. The molecule has 40 heavy (non-hydrogen) atoms. The average Bonchev–Trinajstić information content (AvgIpc) is 3.24. The molecule has 1 amide bonds. The molecule has 8 atom stereocenters. The van der Waals surface area contributed by atoms with Crippen LogP contribution in [0.2, 0.25) is 0 Å². The highest BCUT2D eigenvalue weighted by Gasteiger charge is 2.59. The normalized spacial score (nSPS) is 36.4. The molecule has 7 heteroatoms. The molecular formula is C33H57NO5S. The van der Waals surface area contributed by atoms with Crippen LogP contribution in [0.4, 0.5) is 0 Å². The van der Waals surface area contributed by atoms with Crippen LogP contribution in [0, 0.1) is 52.3 Å². The highest BCUT2D eigenvalue weighted by Crippen LogP contribution is 2.67. The van der Waals surface area contributed by atoms with E-state index in [9.17, 15) is 13.2 Å². The van der Waals surface area contributed by atoms with E-state index >= 15 is 0 Å². The smallest absolute Gasteiger partial charge is 0.264 e. The number of allylic oxidation sites excluding steroid dienone is 2. The van der Waals surface area contributed by atoms with Crippen molar-refractivity contribution in [2.45, 2.75) is 105 Å². The fourth-order valence-electron chi connectivity index (χ4n) is 9.65. The monoisotopic (exact) mass is 579 g/mol. The van der Waals surface area contributed by atoms with Crippen molar-refractivity contribution in [3.63, 3.8) is 0 Å². The zero-order chi connectivity index (χ0) is 29.1. The van der Waals surface area contributed by atoms with Crippen LogP contribution in [-0.2, 0) is 23.8 Å². The molecule has 0 unspecified atom stereocenters. The van der Waals surface area contributed by atoms with Gasteiger partial charge >= 0.3 is 0 Å². The van der Waals surface area contributed by atoms with Crippen LogP contribution in [0.5, 0.6) is 0 Å². The highest BCUT2D eigenvalue weighted by atomic mass is 32.2. The van der Waals surface area contributed by atoms with Crippen LogP contribution in [0.3, 0.4) is 0 Å². The Bertz CT molecular complexity index is 1010. The van der Waals surface area contributed by atoms with Gasteiger partial charge in [0.25, 0.3) is 10.1 Å². The zero-order valence-electron chi connectivity index (χ0n) is 26.2. The molecule has 0 aliphatic heterocycles. The molecule has 0 aromatic heterocycles. The van der Waals surface area contributed by atoms with Gasteiger partial charge in [-0.05, 0) is 97.7 Å². The summed E-state index contributed by atoms with van der Waals surface area (Å²) in [5.41, 5.74) is 2.32. The van der Waals surface area contributed by atoms with E-state index in [0.717, 1.165) is 61.0 Å². The molecule has 1 N–H and O–H groups in total. The summed E-state index contributed by atoms with van der Waals surface area (Å²) in [6.07, 6.45) is 17.5. The number of hydrogen-bond donors (Lipinski definition) is 1. The standard InChI is InChI=1S/C33H57NO5S/c1-23(2)8-7-9-24(3)28-12-13-29-27-11-10-26-22-25(14-16-32(26,4)30(27)15-17-33(28,29)5)31(35)34-18-19-38-20-21-39-40(6,36)37/h10,23-25,27-30H,7-9,11-22H2,1-6H3,(H,34,35)/t24-,25+,27+,28+,29+,30+,32+,33-/m0/s1. The Hall–Kier alpha value is -0.920. The lowest BCUT2D eigenvalue weighted by molar-refractivity contribution is -0.127. The van der Waals surface area contributed by atoms with Gasteiger partial charge in [-0.2, -0.15) is 8.42 Å². The number of hydrogen-bond acceptors (Lipinski definition) is 5. The maximum Gasteiger partial charge on any atom is 0.264 e. The number of ether oxygens (including phenoxy) is 1. The molecule has 3 fully saturated rings. The minimum atomic E-state index is -3.44. The van der Waals surface area contributed by atoms with Gasteiger partial charge in [0.05, 0.1) is 26.1 Å². The molecule has 0 spiro atoms. The maximum absolute atomic E-state index is 13.0. The number of carbonyl (C=O) groups excluding carboxylic acids is 1. The maximum atomic E-state index is 13.0.